The maximum absolute atomic E-state index is 13.1. The number of rotatable bonds is 30. The molecule has 1 aliphatic rings. The molecule has 7 N–H and O–H groups in total. The molecule has 9 unspecified atom stereocenters. The van der Waals surface area contributed by atoms with Crippen LogP contribution in [0.2, 0.25) is 0 Å². The summed E-state index contributed by atoms with van der Waals surface area (Å²) < 4.78 is 11.6. The molecule has 0 aromatic carbocycles. The average molecular weight is 771 g/mol. The monoisotopic (exact) mass is 770 g/mol. The zero-order valence-corrected chi connectivity index (χ0v) is 32.3. The van der Waals surface area contributed by atoms with Crippen molar-refractivity contribution in [2.24, 2.45) is 23.7 Å². The number of allylic oxidation sites excluding steroid dienone is 1. The van der Waals surface area contributed by atoms with E-state index in [9.17, 15) is 49.2 Å². The van der Waals surface area contributed by atoms with Crippen LogP contribution in [-0.2, 0) is 38.2 Å². The number of carbonyl (C=O) groups excluding carboxylic acids is 2. The molecule has 0 fully saturated rings. The molecule has 0 radical (unpaired) electrons. The van der Waals surface area contributed by atoms with Gasteiger partial charge in [0.05, 0.1) is 37.5 Å². The van der Waals surface area contributed by atoms with E-state index in [1.54, 1.807) is 19.2 Å². The van der Waals surface area contributed by atoms with Gasteiger partial charge in [-0.05, 0) is 50.2 Å². The number of quaternary nitrogens is 1. The first-order valence-electron chi connectivity index (χ1n) is 19.3. The van der Waals surface area contributed by atoms with E-state index < -0.39 is 91.6 Å². The molecule has 15 nitrogen and oxygen atoms in total. The standard InChI is InChI=1S/C39H63NO14/c1-5-6-15-26(3)37(54-36(48)23-29(39(51)52)21-34(45)46)32(53-35(47)22-28(38(49)50)20-33(43)44)19-25(2)14-11-9-7-8-10-12-17-31(42)27(4)40-18-13-16-30(41)24-40/h13,16,24-29,31-32,37,41-42H,5-12,14-15,17-23H2,1-4H3,(H,43,44)(H,45,46)(H,49,50)(H,51,52)/p+1. The second-order valence-electron chi connectivity index (χ2n) is 14.9. The number of nitrogens with one attached hydrogen (secondary N) is 1. The molecule has 1 aliphatic heterocycles. The van der Waals surface area contributed by atoms with Gasteiger partial charge in [0.15, 0.2) is 5.76 Å². The first-order valence-corrected chi connectivity index (χ1v) is 19.3. The Morgan fingerprint density at radius 3 is 1.74 bits per heavy atom. The van der Waals surface area contributed by atoms with Crippen LogP contribution in [0.3, 0.4) is 0 Å². The quantitative estimate of drug-likeness (QED) is 0.0392. The zero-order chi connectivity index (χ0) is 40.8. The van der Waals surface area contributed by atoms with Crippen LogP contribution in [0.4, 0.5) is 0 Å². The lowest BCUT2D eigenvalue weighted by Crippen LogP contribution is -3.12. The average Bonchev–Trinajstić information content (AvgIpc) is 3.08. The second-order valence-corrected chi connectivity index (χ2v) is 14.9. The van der Waals surface area contributed by atoms with E-state index >= 15 is 0 Å². The number of hydrogen-bond donors (Lipinski definition) is 7. The van der Waals surface area contributed by atoms with Gasteiger partial charge in [0.1, 0.15) is 37.1 Å². The largest absolute Gasteiger partial charge is 0.503 e. The third-order valence-corrected chi connectivity index (χ3v) is 10.1. The highest BCUT2D eigenvalue weighted by Gasteiger charge is 2.37. The van der Waals surface area contributed by atoms with E-state index in [-0.39, 0.29) is 30.1 Å². The summed E-state index contributed by atoms with van der Waals surface area (Å²) in [5, 5.41) is 57.6. The van der Waals surface area contributed by atoms with Gasteiger partial charge in [0.2, 0.25) is 0 Å². The van der Waals surface area contributed by atoms with Crippen LogP contribution in [0, 0.1) is 23.7 Å². The minimum atomic E-state index is -1.54. The van der Waals surface area contributed by atoms with Crippen molar-refractivity contribution in [1.29, 1.82) is 0 Å². The maximum Gasteiger partial charge on any atom is 0.307 e. The van der Waals surface area contributed by atoms with Crippen LogP contribution in [-0.4, -0.2) is 97.4 Å². The van der Waals surface area contributed by atoms with Gasteiger partial charge in [-0.3, -0.25) is 33.7 Å². The summed E-state index contributed by atoms with van der Waals surface area (Å²) in [7, 11) is 0. The van der Waals surface area contributed by atoms with Gasteiger partial charge in [-0.1, -0.05) is 78.6 Å². The minimum absolute atomic E-state index is 0.0404. The number of hydrogen-bond acceptors (Lipinski definition) is 10. The fourth-order valence-electron chi connectivity index (χ4n) is 6.73. The summed E-state index contributed by atoms with van der Waals surface area (Å²) in [5.74, 6) is -11.0. The van der Waals surface area contributed by atoms with Crippen LogP contribution in [0.5, 0.6) is 0 Å². The predicted molar refractivity (Wildman–Crippen MR) is 196 cm³/mol. The smallest absolute Gasteiger partial charge is 0.307 e. The Hall–Kier alpha value is -3.98. The summed E-state index contributed by atoms with van der Waals surface area (Å²) in [4.78, 5) is 73.0. The minimum Gasteiger partial charge on any atom is -0.503 e. The molecule has 0 aliphatic carbocycles. The molecule has 0 spiro atoms. The Balaban J connectivity index is 2.92. The summed E-state index contributed by atoms with van der Waals surface area (Å²) in [6.45, 7) is 8.40. The van der Waals surface area contributed by atoms with Crippen molar-refractivity contribution in [1.82, 2.24) is 0 Å². The lowest BCUT2D eigenvalue weighted by Gasteiger charge is -2.33. The number of carboxylic acids is 4. The normalized spacial score (nSPS) is 18.5. The molecular weight excluding hydrogens is 706 g/mol. The van der Waals surface area contributed by atoms with Crippen LogP contribution >= 0.6 is 0 Å². The number of aliphatic carboxylic acids is 4. The number of aliphatic hydroxyl groups excluding tert-OH is 2. The number of ether oxygens (including phenoxy) is 2. The molecule has 0 amide bonds. The lowest BCUT2D eigenvalue weighted by molar-refractivity contribution is -0.872. The van der Waals surface area contributed by atoms with E-state index in [4.69, 9.17) is 19.7 Å². The van der Waals surface area contributed by atoms with Crippen molar-refractivity contribution >= 4 is 35.8 Å². The number of esters is 2. The molecular formula is C39H64NO14+. The SMILES string of the molecule is CCCCC(C)C(OC(=O)CC(CC(=O)O)C(=O)O)C(CC(C)CCCCCCCCC(O)C(C)[NH+]1C=C(O)C=CC1)OC(=O)CC(CC(=O)O)C(=O)O. The fraction of sp³-hybridized carbons (Fsp3) is 0.744. The Morgan fingerprint density at radius 2 is 1.24 bits per heavy atom. The Morgan fingerprint density at radius 1 is 0.722 bits per heavy atom. The first-order chi connectivity index (χ1) is 25.4. The van der Waals surface area contributed by atoms with E-state index in [0.717, 1.165) is 62.7 Å². The molecule has 1 rings (SSSR count). The maximum atomic E-state index is 13.1. The number of aliphatic hydroxyl groups is 2. The molecule has 0 saturated carbocycles. The van der Waals surface area contributed by atoms with Gasteiger partial charge in [-0.15, -0.1) is 0 Å². The van der Waals surface area contributed by atoms with Crippen LogP contribution in [0.15, 0.2) is 24.1 Å². The molecule has 0 aromatic heterocycles. The molecule has 54 heavy (non-hydrogen) atoms. The van der Waals surface area contributed by atoms with E-state index in [0.29, 0.717) is 19.4 Å². The van der Waals surface area contributed by atoms with E-state index in [2.05, 4.69) is 0 Å². The molecule has 308 valence electrons. The molecule has 1 heterocycles. The van der Waals surface area contributed by atoms with Crippen molar-refractivity contribution in [3.05, 3.63) is 24.1 Å². The summed E-state index contributed by atoms with van der Waals surface area (Å²) in [6.07, 6.45) is 8.97. The molecule has 0 saturated heterocycles. The highest BCUT2D eigenvalue weighted by Crippen LogP contribution is 2.29. The lowest BCUT2D eigenvalue weighted by atomic mass is 9.87. The van der Waals surface area contributed by atoms with Crippen molar-refractivity contribution < 1.29 is 73.8 Å². The first kappa shape index (κ1) is 48.0. The Labute approximate surface area is 318 Å². The summed E-state index contributed by atoms with van der Waals surface area (Å²) in [5.41, 5.74) is 0. The second kappa shape index (κ2) is 25.9. The third kappa shape index (κ3) is 19.9. The number of carboxylic acid groups (broad SMARTS) is 4. The molecule has 0 aromatic rings. The van der Waals surface area contributed by atoms with Gasteiger partial charge in [0, 0.05) is 0 Å². The zero-order valence-electron chi connectivity index (χ0n) is 32.3. The molecule has 0 bridgehead atoms. The summed E-state index contributed by atoms with van der Waals surface area (Å²) >= 11 is 0. The van der Waals surface area contributed by atoms with Gasteiger partial charge < -0.3 is 40.1 Å². The van der Waals surface area contributed by atoms with Gasteiger partial charge in [-0.2, -0.15) is 0 Å². The fourth-order valence-corrected chi connectivity index (χ4v) is 6.73. The number of carbonyl (C=O) groups is 6. The highest BCUT2D eigenvalue weighted by molar-refractivity contribution is 5.83. The van der Waals surface area contributed by atoms with Crippen molar-refractivity contribution in [3.63, 3.8) is 0 Å². The van der Waals surface area contributed by atoms with Crippen LogP contribution in [0.25, 0.3) is 0 Å². The van der Waals surface area contributed by atoms with Crippen LogP contribution in [0.1, 0.15) is 130 Å². The summed E-state index contributed by atoms with van der Waals surface area (Å²) in [6, 6.07) is -0.0404. The molecule has 15 heteroatoms. The number of unbranched alkanes of at least 4 members (excludes halogenated alkanes) is 6. The van der Waals surface area contributed by atoms with Crippen molar-refractivity contribution in [2.75, 3.05) is 6.54 Å². The van der Waals surface area contributed by atoms with Crippen molar-refractivity contribution in [3.8, 4) is 0 Å². The van der Waals surface area contributed by atoms with E-state index in [1.807, 2.05) is 26.8 Å². The van der Waals surface area contributed by atoms with Gasteiger partial charge in [-0.25, -0.2) is 0 Å². The third-order valence-electron chi connectivity index (χ3n) is 10.1. The predicted octanol–water partition coefficient (Wildman–Crippen LogP) is 4.52. The van der Waals surface area contributed by atoms with E-state index in [1.165, 1.54) is 0 Å². The topological polar surface area (TPSA) is 247 Å². The van der Waals surface area contributed by atoms with Gasteiger partial charge >= 0.3 is 35.8 Å². The van der Waals surface area contributed by atoms with Crippen LogP contribution < -0.4 is 4.90 Å². The van der Waals surface area contributed by atoms with Crippen molar-refractivity contribution in [2.45, 2.75) is 155 Å². The molecule has 9 atom stereocenters. The Bertz CT molecular complexity index is 1270. The van der Waals surface area contributed by atoms with Gasteiger partial charge in [0.25, 0.3) is 0 Å². The Kier molecular flexibility index (Phi) is 23.1. The highest BCUT2D eigenvalue weighted by atomic mass is 16.6.